The summed E-state index contributed by atoms with van der Waals surface area (Å²) in [5.41, 5.74) is 2.44. The summed E-state index contributed by atoms with van der Waals surface area (Å²) in [5.74, 6) is 0.668. The summed E-state index contributed by atoms with van der Waals surface area (Å²) >= 11 is 12.6. The predicted octanol–water partition coefficient (Wildman–Crippen LogP) is 5.22. The van der Waals surface area contributed by atoms with Crippen LogP contribution < -0.4 is 4.74 Å². The first-order valence-corrected chi connectivity index (χ1v) is 6.84. The summed E-state index contributed by atoms with van der Waals surface area (Å²) in [6.07, 6.45) is 0. The lowest BCUT2D eigenvalue weighted by molar-refractivity contribution is 0.420. The molecule has 2 aromatic carbocycles. The molecule has 4 heteroatoms. The molecule has 0 radical (unpaired) electrons. The van der Waals surface area contributed by atoms with Gasteiger partial charge in [0.1, 0.15) is 5.75 Å². The van der Waals surface area contributed by atoms with Crippen LogP contribution in [0.15, 0.2) is 48.5 Å². The van der Waals surface area contributed by atoms with E-state index in [9.17, 15) is 0 Å². The van der Waals surface area contributed by atoms with Crippen LogP contribution in [0.1, 0.15) is 0 Å². The molecule has 1 aromatic heterocycles. The second-order valence-electron chi connectivity index (χ2n) is 4.33. The second kappa shape index (κ2) is 5.31. The fourth-order valence-corrected chi connectivity index (χ4v) is 2.64. The van der Waals surface area contributed by atoms with Gasteiger partial charge in [-0.1, -0.05) is 53.5 Å². The molecule has 0 saturated carbocycles. The van der Waals surface area contributed by atoms with Gasteiger partial charge in [0.15, 0.2) is 0 Å². The van der Waals surface area contributed by atoms with E-state index in [1.54, 1.807) is 19.2 Å². The largest absolute Gasteiger partial charge is 0.496 e. The molecule has 0 aliphatic heterocycles. The minimum Gasteiger partial charge on any atom is -0.496 e. The second-order valence-corrected chi connectivity index (χ2v) is 5.14. The molecule has 0 fully saturated rings. The molecule has 2 nitrogen and oxygen atoms in total. The Bertz CT molecular complexity index is 772. The molecule has 3 aromatic rings. The zero-order chi connectivity index (χ0) is 14.1. The maximum absolute atomic E-state index is 6.39. The molecule has 0 bridgehead atoms. The zero-order valence-electron chi connectivity index (χ0n) is 10.7. The standard InChI is InChI=1S/C16H11Cl2NO/c1-20-14-8-7-11(17)16-15(14)12(18)9-13(19-16)10-5-3-2-4-6-10/h2-9H,1H3. The van der Waals surface area contributed by atoms with Crippen molar-refractivity contribution < 1.29 is 4.74 Å². The maximum Gasteiger partial charge on any atom is 0.129 e. The molecule has 100 valence electrons. The summed E-state index contributed by atoms with van der Waals surface area (Å²) in [7, 11) is 1.60. The van der Waals surface area contributed by atoms with Gasteiger partial charge in [-0.2, -0.15) is 0 Å². The summed E-state index contributed by atoms with van der Waals surface area (Å²) in [4.78, 5) is 4.62. The minimum absolute atomic E-state index is 0.556. The number of benzene rings is 2. The SMILES string of the molecule is COc1ccc(Cl)c2nc(-c3ccccc3)cc(Cl)c12. The number of fused-ring (bicyclic) bond motifs is 1. The van der Waals surface area contributed by atoms with E-state index in [1.165, 1.54) is 0 Å². The molecule has 0 aliphatic rings. The number of nitrogens with zero attached hydrogens (tertiary/aromatic N) is 1. The van der Waals surface area contributed by atoms with Crippen LogP contribution in [-0.2, 0) is 0 Å². The molecule has 0 N–H and O–H groups in total. The van der Waals surface area contributed by atoms with Crippen molar-refractivity contribution in [2.75, 3.05) is 7.11 Å². The number of rotatable bonds is 2. The van der Waals surface area contributed by atoms with Gasteiger partial charge in [0, 0.05) is 5.56 Å². The van der Waals surface area contributed by atoms with Gasteiger partial charge in [-0.25, -0.2) is 4.98 Å². The quantitative estimate of drug-likeness (QED) is 0.648. The Hall–Kier alpha value is -1.77. The maximum atomic E-state index is 6.39. The Balaban J connectivity index is 2.32. The zero-order valence-corrected chi connectivity index (χ0v) is 12.2. The molecular weight excluding hydrogens is 293 g/mol. The molecular formula is C16H11Cl2NO. The number of methoxy groups -OCH3 is 1. The highest BCUT2D eigenvalue weighted by molar-refractivity contribution is 6.40. The number of ether oxygens (including phenoxy) is 1. The topological polar surface area (TPSA) is 22.1 Å². The summed E-state index contributed by atoms with van der Waals surface area (Å²) in [6.45, 7) is 0. The molecule has 1 heterocycles. The van der Waals surface area contributed by atoms with Crippen molar-refractivity contribution in [2.24, 2.45) is 0 Å². The number of halogens is 2. The van der Waals surface area contributed by atoms with Gasteiger partial charge < -0.3 is 4.74 Å². The molecule has 20 heavy (non-hydrogen) atoms. The van der Waals surface area contributed by atoms with Gasteiger partial charge >= 0.3 is 0 Å². The van der Waals surface area contributed by atoms with Crippen LogP contribution in [0.3, 0.4) is 0 Å². The molecule has 0 spiro atoms. The molecule has 3 rings (SSSR count). The summed E-state index contributed by atoms with van der Waals surface area (Å²) in [5, 5.41) is 1.87. The third-order valence-electron chi connectivity index (χ3n) is 3.11. The average Bonchev–Trinajstić information content (AvgIpc) is 2.49. The van der Waals surface area contributed by atoms with Crippen LogP contribution in [0.4, 0.5) is 0 Å². The van der Waals surface area contributed by atoms with Crippen LogP contribution in [-0.4, -0.2) is 12.1 Å². The molecule has 0 atom stereocenters. The summed E-state index contributed by atoms with van der Waals surface area (Å²) in [6, 6.07) is 15.2. The van der Waals surface area contributed by atoms with E-state index >= 15 is 0 Å². The number of hydrogen-bond donors (Lipinski definition) is 0. The summed E-state index contributed by atoms with van der Waals surface area (Å²) < 4.78 is 5.33. The van der Waals surface area contributed by atoms with Crippen molar-refractivity contribution >= 4 is 34.1 Å². The highest BCUT2D eigenvalue weighted by Gasteiger charge is 2.13. The van der Waals surface area contributed by atoms with Crippen LogP contribution in [0, 0.1) is 0 Å². The lowest BCUT2D eigenvalue weighted by Crippen LogP contribution is -1.91. The third-order valence-corrected chi connectivity index (χ3v) is 3.72. The van der Waals surface area contributed by atoms with Gasteiger partial charge in [0.25, 0.3) is 0 Å². The van der Waals surface area contributed by atoms with E-state index in [-0.39, 0.29) is 0 Å². The fraction of sp³-hybridized carbons (Fsp3) is 0.0625. The molecule has 0 aliphatic carbocycles. The first-order chi connectivity index (χ1) is 9.70. The first-order valence-electron chi connectivity index (χ1n) is 6.09. The van der Waals surface area contributed by atoms with Crippen LogP contribution in [0.25, 0.3) is 22.2 Å². The monoisotopic (exact) mass is 303 g/mol. The van der Waals surface area contributed by atoms with Gasteiger partial charge in [0.05, 0.1) is 33.8 Å². The third kappa shape index (κ3) is 2.21. The first kappa shape index (κ1) is 13.2. The van der Waals surface area contributed by atoms with Crippen molar-refractivity contribution in [2.45, 2.75) is 0 Å². The minimum atomic E-state index is 0.556. The highest BCUT2D eigenvalue weighted by atomic mass is 35.5. The van der Waals surface area contributed by atoms with Crippen LogP contribution in [0.5, 0.6) is 5.75 Å². The van der Waals surface area contributed by atoms with Crippen LogP contribution in [0.2, 0.25) is 10.0 Å². The Morgan fingerprint density at radius 1 is 0.950 bits per heavy atom. The van der Waals surface area contributed by atoms with Gasteiger partial charge in [0.2, 0.25) is 0 Å². The van der Waals surface area contributed by atoms with Gasteiger partial charge in [-0.05, 0) is 18.2 Å². The van der Waals surface area contributed by atoms with Crippen molar-refractivity contribution in [1.82, 2.24) is 4.98 Å². The van der Waals surface area contributed by atoms with Crippen molar-refractivity contribution in [3.05, 3.63) is 58.6 Å². The van der Waals surface area contributed by atoms with E-state index in [0.29, 0.717) is 21.3 Å². The average molecular weight is 304 g/mol. The Morgan fingerprint density at radius 2 is 1.70 bits per heavy atom. The Labute approximate surface area is 126 Å². The molecule has 0 amide bonds. The van der Waals surface area contributed by atoms with E-state index < -0.39 is 0 Å². The number of hydrogen-bond acceptors (Lipinski definition) is 2. The molecule has 0 unspecified atom stereocenters. The number of aromatic nitrogens is 1. The predicted molar refractivity (Wildman–Crippen MR) is 83.8 cm³/mol. The lowest BCUT2D eigenvalue weighted by atomic mass is 10.1. The van der Waals surface area contributed by atoms with Crippen molar-refractivity contribution in [1.29, 1.82) is 0 Å². The van der Waals surface area contributed by atoms with E-state index in [4.69, 9.17) is 27.9 Å². The highest BCUT2D eigenvalue weighted by Crippen LogP contribution is 2.37. The van der Waals surface area contributed by atoms with Crippen LogP contribution >= 0.6 is 23.2 Å². The normalized spacial score (nSPS) is 10.8. The molecule has 0 saturated heterocycles. The Morgan fingerprint density at radius 3 is 2.40 bits per heavy atom. The Kier molecular flexibility index (Phi) is 3.51. The van der Waals surface area contributed by atoms with Gasteiger partial charge in [-0.15, -0.1) is 0 Å². The smallest absolute Gasteiger partial charge is 0.129 e. The lowest BCUT2D eigenvalue weighted by Gasteiger charge is -2.10. The van der Waals surface area contributed by atoms with Crippen molar-refractivity contribution in [3.8, 4) is 17.0 Å². The number of pyridine rings is 1. The van der Waals surface area contributed by atoms with E-state index in [1.807, 2.05) is 36.4 Å². The van der Waals surface area contributed by atoms with Gasteiger partial charge in [-0.3, -0.25) is 0 Å². The van der Waals surface area contributed by atoms with E-state index in [0.717, 1.165) is 16.6 Å². The fourth-order valence-electron chi connectivity index (χ4n) is 2.16. The van der Waals surface area contributed by atoms with E-state index in [2.05, 4.69) is 4.98 Å². The van der Waals surface area contributed by atoms with Crippen molar-refractivity contribution in [3.63, 3.8) is 0 Å².